The summed E-state index contributed by atoms with van der Waals surface area (Å²) >= 11 is 3.39. The molecule has 1 heterocycles. The Morgan fingerprint density at radius 3 is 2.30 bits per heavy atom. The van der Waals surface area contributed by atoms with Gasteiger partial charge in [-0.3, -0.25) is 9.59 Å². The van der Waals surface area contributed by atoms with Crippen LogP contribution in [0.4, 0.5) is 4.39 Å². The fraction of sp³-hybridized carbons (Fsp3) is 0.300. The average Bonchev–Trinajstić information content (AvgIpc) is 2.70. The second kappa shape index (κ2) is 9.10. The largest absolute Gasteiger partial charge is 0.339 e. The average molecular weight is 434 g/mol. The summed E-state index contributed by atoms with van der Waals surface area (Å²) in [6, 6.07) is 13.0. The zero-order valence-corrected chi connectivity index (χ0v) is 16.4. The first kappa shape index (κ1) is 19.5. The molecule has 27 heavy (non-hydrogen) atoms. The molecule has 1 saturated heterocycles. The number of piperazine rings is 1. The molecule has 0 aliphatic carbocycles. The minimum Gasteiger partial charge on any atom is -0.339 e. The van der Waals surface area contributed by atoms with Crippen molar-refractivity contribution in [2.45, 2.75) is 6.54 Å². The number of nitrogens with zero attached hydrogens (tertiary/aromatic N) is 2. The van der Waals surface area contributed by atoms with Gasteiger partial charge in [-0.05, 0) is 42.0 Å². The lowest BCUT2D eigenvalue weighted by Crippen LogP contribution is -2.50. The van der Waals surface area contributed by atoms with Crippen LogP contribution in [0.5, 0.6) is 0 Å². The number of carbonyl (C=O) groups excluding carboxylic acids is 2. The topological polar surface area (TPSA) is 52.7 Å². The first-order valence-corrected chi connectivity index (χ1v) is 9.60. The van der Waals surface area contributed by atoms with E-state index in [1.54, 1.807) is 4.90 Å². The van der Waals surface area contributed by atoms with Crippen molar-refractivity contribution in [1.82, 2.24) is 15.1 Å². The van der Waals surface area contributed by atoms with E-state index in [0.29, 0.717) is 25.2 Å². The molecule has 2 aromatic carbocycles. The molecule has 1 aliphatic rings. The minimum atomic E-state index is -0.400. The number of hydrogen-bond acceptors (Lipinski definition) is 3. The third-order valence-electron chi connectivity index (χ3n) is 4.46. The van der Waals surface area contributed by atoms with Crippen LogP contribution in [-0.4, -0.2) is 54.3 Å². The molecule has 1 aliphatic heterocycles. The van der Waals surface area contributed by atoms with Crippen molar-refractivity contribution in [2.75, 3.05) is 32.7 Å². The lowest BCUT2D eigenvalue weighted by Gasteiger charge is -2.30. The van der Waals surface area contributed by atoms with Gasteiger partial charge in [-0.2, -0.15) is 0 Å². The van der Waals surface area contributed by atoms with E-state index in [1.165, 1.54) is 29.2 Å². The van der Waals surface area contributed by atoms with Crippen molar-refractivity contribution in [2.24, 2.45) is 0 Å². The third-order valence-corrected chi connectivity index (χ3v) is 4.99. The molecule has 2 amide bonds. The summed E-state index contributed by atoms with van der Waals surface area (Å²) in [6.07, 6.45) is 0. The first-order chi connectivity index (χ1) is 13.0. The summed E-state index contributed by atoms with van der Waals surface area (Å²) in [4.78, 5) is 28.9. The van der Waals surface area contributed by atoms with Gasteiger partial charge in [-0.1, -0.05) is 28.1 Å². The summed E-state index contributed by atoms with van der Waals surface area (Å²) in [5, 5.41) is 3.21. The summed E-state index contributed by atoms with van der Waals surface area (Å²) in [6.45, 7) is 3.08. The molecule has 0 spiro atoms. The summed E-state index contributed by atoms with van der Waals surface area (Å²) in [7, 11) is 0. The van der Waals surface area contributed by atoms with Crippen LogP contribution >= 0.6 is 15.9 Å². The van der Waals surface area contributed by atoms with Gasteiger partial charge in [0.25, 0.3) is 5.91 Å². The fourth-order valence-corrected chi connectivity index (χ4v) is 3.23. The molecule has 2 aromatic rings. The van der Waals surface area contributed by atoms with Gasteiger partial charge in [0.15, 0.2) is 0 Å². The van der Waals surface area contributed by atoms with Crippen LogP contribution in [0.2, 0.25) is 0 Å². The maximum absolute atomic E-state index is 13.2. The highest BCUT2D eigenvalue weighted by Gasteiger charge is 2.23. The van der Waals surface area contributed by atoms with E-state index < -0.39 is 5.82 Å². The van der Waals surface area contributed by atoms with E-state index in [1.807, 2.05) is 24.3 Å². The van der Waals surface area contributed by atoms with E-state index in [-0.39, 0.29) is 18.4 Å². The van der Waals surface area contributed by atoms with Gasteiger partial charge < -0.3 is 15.1 Å². The molecule has 0 atom stereocenters. The van der Waals surface area contributed by atoms with E-state index in [2.05, 4.69) is 21.2 Å². The van der Waals surface area contributed by atoms with Gasteiger partial charge in [0.2, 0.25) is 5.91 Å². The monoisotopic (exact) mass is 433 g/mol. The molecule has 0 unspecified atom stereocenters. The lowest BCUT2D eigenvalue weighted by molar-refractivity contribution is -0.132. The standard InChI is InChI=1S/C20H21BrFN3O2/c21-17-5-1-15(2-6-17)13-25(14-19(26)24-11-9-23-10-12-24)20(27)16-3-7-18(22)8-4-16/h1-8,23H,9-14H2. The SMILES string of the molecule is O=C(CN(Cc1ccc(Br)cc1)C(=O)c1ccc(F)cc1)N1CCNCC1. The lowest BCUT2D eigenvalue weighted by atomic mass is 10.1. The number of rotatable bonds is 5. The molecule has 0 aromatic heterocycles. The van der Waals surface area contributed by atoms with Gasteiger partial charge >= 0.3 is 0 Å². The van der Waals surface area contributed by atoms with E-state index in [9.17, 15) is 14.0 Å². The number of nitrogens with one attached hydrogen (secondary N) is 1. The fourth-order valence-electron chi connectivity index (χ4n) is 2.96. The Bertz CT molecular complexity index is 790. The number of halogens is 2. The van der Waals surface area contributed by atoms with Gasteiger partial charge in [0, 0.05) is 42.8 Å². The number of amides is 2. The highest BCUT2D eigenvalue weighted by molar-refractivity contribution is 9.10. The van der Waals surface area contributed by atoms with Crippen molar-refractivity contribution < 1.29 is 14.0 Å². The molecule has 7 heteroatoms. The zero-order chi connectivity index (χ0) is 19.2. The molecule has 1 fully saturated rings. The molecular formula is C20H21BrFN3O2. The minimum absolute atomic E-state index is 0.00766. The number of benzene rings is 2. The zero-order valence-electron chi connectivity index (χ0n) is 14.8. The smallest absolute Gasteiger partial charge is 0.254 e. The van der Waals surface area contributed by atoms with Crippen molar-refractivity contribution in [1.29, 1.82) is 0 Å². The Balaban J connectivity index is 1.78. The van der Waals surface area contributed by atoms with Crippen LogP contribution in [-0.2, 0) is 11.3 Å². The van der Waals surface area contributed by atoms with Crippen molar-refractivity contribution in [3.05, 3.63) is 69.9 Å². The first-order valence-electron chi connectivity index (χ1n) is 8.81. The van der Waals surface area contributed by atoms with Crippen LogP contribution in [0.25, 0.3) is 0 Å². The van der Waals surface area contributed by atoms with Gasteiger partial charge in [-0.25, -0.2) is 4.39 Å². The van der Waals surface area contributed by atoms with Crippen LogP contribution in [0, 0.1) is 5.82 Å². The molecule has 0 bridgehead atoms. The van der Waals surface area contributed by atoms with Crippen LogP contribution in [0.15, 0.2) is 53.0 Å². The quantitative estimate of drug-likeness (QED) is 0.788. The van der Waals surface area contributed by atoms with Crippen molar-refractivity contribution >= 4 is 27.7 Å². The predicted molar refractivity (Wildman–Crippen MR) is 105 cm³/mol. The van der Waals surface area contributed by atoms with E-state index in [4.69, 9.17) is 0 Å². The second-order valence-electron chi connectivity index (χ2n) is 6.43. The third kappa shape index (κ3) is 5.37. The predicted octanol–water partition coefficient (Wildman–Crippen LogP) is 2.66. The Kier molecular flexibility index (Phi) is 6.58. The van der Waals surface area contributed by atoms with Crippen molar-refractivity contribution in [3.63, 3.8) is 0 Å². The molecule has 1 N–H and O–H groups in total. The van der Waals surface area contributed by atoms with Crippen molar-refractivity contribution in [3.8, 4) is 0 Å². The normalized spacial score (nSPS) is 14.1. The number of carbonyl (C=O) groups is 2. The highest BCUT2D eigenvalue weighted by Crippen LogP contribution is 2.15. The Labute approximate surface area is 166 Å². The molecule has 3 rings (SSSR count). The van der Waals surface area contributed by atoms with E-state index >= 15 is 0 Å². The second-order valence-corrected chi connectivity index (χ2v) is 7.34. The van der Waals surface area contributed by atoms with Crippen LogP contribution in [0.3, 0.4) is 0 Å². The molecule has 0 radical (unpaired) electrons. The number of hydrogen-bond donors (Lipinski definition) is 1. The summed E-state index contributed by atoms with van der Waals surface area (Å²) in [5.41, 5.74) is 1.28. The summed E-state index contributed by atoms with van der Waals surface area (Å²) in [5.74, 6) is -0.770. The maximum Gasteiger partial charge on any atom is 0.254 e. The molecule has 0 saturated carbocycles. The Morgan fingerprint density at radius 1 is 1.04 bits per heavy atom. The maximum atomic E-state index is 13.2. The Hall–Kier alpha value is -2.25. The highest BCUT2D eigenvalue weighted by atomic mass is 79.9. The van der Waals surface area contributed by atoms with Gasteiger partial charge in [0.1, 0.15) is 12.4 Å². The Morgan fingerprint density at radius 2 is 1.67 bits per heavy atom. The molecule has 5 nitrogen and oxygen atoms in total. The van der Waals surface area contributed by atoms with Gasteiger partial charge in [0.05, 0.1) is 0 Å². The van der Waals surface area contributed by atoms with E-state index in [0.717, 1.165) is 23.1 Å². The molecular weight excluding hydrogens is 413 g/mol. The van der Waals surface area contributed by atoms with Crippen LogP contribution < -0.4 is 5.32 Å². The van der Waals surface area contributed by atoms with Gasteiger partial charge in [-0.15, -0.1) is 0 Å². The van der Waals surface area contributed by atoms with Crippen LogP contribution in [0.1, 0.15) is 15.9 Å². The summed E-state index contributed by atoms with van der Waals surface area (Å²) < 4.78 is 14.1. The molecule has 142 valence electrons.